The zero-order chi connectivity index (χ0) is 12.0. The molecule has 0 saturated heterocycles. The Labute approximate surface area is 98.4 Å². The first kappa shape index (κ1) is 11.2. The summed E-state index contributed by atoms with van der Waals surface area (Å²) in [6.07, 6.45) is 0. The van der Waals surface area contributed by atoms with Crippen LogP contribution in [0.4, 0.5) is 0 Å². The molecule has 0 spiro atoms. The summed E-state index contributed by atoms with van der Waals surface area (Å²) in [5.41, 5.74) is 5.71. The van der Waals surface area contributed by atoms with Crippen LogP contribution in [0.1, 0.15) is 17.5 Å². The van der Waals surface area contributed by atoms with E-state index < -0.39 is 0 Å². The zero-order valence-electron chi connectivity index (χ0n) is 10.4. The van der Waals surface area contributed by atoms with E-state index in [4.69, 9.17) is 4.42 Å². The van der Waals surface area contributed by atoms with Crippen LogP contribution in [-0.2, 0) is 0 Å². The zero-order valence-corrected chi connectivity index (χ0v) is 10.4. The third-order valence-electron chi connectivity index (χ3n) is 3.51. The summed E-state index contributed by atoms with van der Waals surface area (Å²) in [5, 5.41) is 1.06. The molecule has 0 saturated carbocycles. The Balaban J connectivity index is 2.92. The number of benzene rings is 1. The maximum Gasteiger partial charge on any atom is 0.194 e. The highest BCUT2D eigenvalue weighted by Crippen LogP contribution is 2.14. The van der Waals surface area contributed by atoms with E-state index in [1.165, 1.54) is 23.3 Å². The SMILES string of the molecule is Bc1c(B)c(B)c2oc(C(C)=O)cc2c1B. The standard InChI is InChI=1S/C10H12B4O2/c1-3(15)5-2-4-6(11)7(12)8(13)9(14)10(4)16-5/h2H,11-14H2,1H3. The second-order valence-electron chi connectivity index (χ2n) is 4.41. The summed E-state index contributed by atoms with van der Waals surface area (Å²) < 4.78 is 5.63. The number of hydrogen-bond acceptors (Lipinski definition) is 2. The van der Waals surface area contributed by atoms with Crippen molar-refractivity contribution in [1.29, 1.82) is 0 Å². The lowest BCUT2D eigenvalue weighted by atomic mass is 9.66. The minimum atomic E-state index is -0.0229. The fraction of sp³-hybridized carbons (Fsp3) is 0.100. The van der Waals surface area contributed by atoms with Crippen molar-refractivity contribution in [3.8, 4) is 0 Å². The molecule has 6 heteroatoms. The fourth-order valence-corrected chi connectivity index (χ4v) is 2.06. The largest absolute Gasteiger partial charge is 0.454 e. The first-order valence-corrected chi connectivity index (χ1v) is 5.44. The normalized spacial score (nSPS) is 10.8. The number of rotatable bonds is 1. The molecule has 0 aliphatic carbocycles. The summed E-state index contributed by atoms with van der Waals surface area (Å²) in [5.74, 6) is 0.427. The van der Waals surface area contributed by atoms with Gasteiger partial charge in [-0.1, -0.05) is 16.4 Å². The van der Waals surface area contributed by atoms with Crippen LogP contribution in [0.2, 0.25) is 0 Å². The molecule has 1 heterocycles. The minimum absolute atomic E-state index is 0.0229. The Hall–Kier alpha value is -1.31. The molecular formula is C10H12B4O2. The first-order chi connectivity index (χ1) is 7.43. The van der Waals surface area contributed by atoms with Gasteiger partial charge in [-0.2, -0.15) is 0 Å². The van der Waals surface area contributed by atoms with Crippen molar-refractivity contribution in [2.75, 3.05) is 0 Å². The Bertz CT molecular complexity index is 556. The Kier molecular flexibility index (Phi) is 2.53. The summed E-state index contributed by atoms with van der Waals surface area (Å²) in [6.45, 7) is 1.53. The van der Waals surface area contributed by atoms with Crippen LogP contribution in [-0.4, -0.2) is 37.2 Å². The van der Waals surface area contributed by atoms with Crippen molar-refractivity contribution in [2.45, 2.75) is 6.92 Å². The van der Waals surface area contributed by atoms with Crippen LogP contribution in [0.5, 0.6) is 0 Å². The van der Waals surface area contributed by atoms with Crippen LogP contribution in [0.15, 0.2) is 10.5 Å². The summed E-state index contributed by atoms with van der Waals surface area (Å²) in [6, 6.07) is 1.85. The van der Waals surface area contributed by atoms with Gasteiger partial charge in [0.25, 0.3) is 0 Å². The van der Waals surface area contributed by atoms with Crippen LogP contribution < -0.4 is 21.9 Å². The van der Waals surface area contributed by atoms with Crippen molar-refractivity contribution < 1.29 is 9.21 Å². The van der Waals surface area contributed by atoms with Crippen LogP contribution in [0.3, 0.4) is 0 Å². The molecule has 2 nitrogen and oxygen atoms in total. The molecule has 0 N–H and O–H groups in total. The molecule has 1 aromatic carbocycles. The van der Waals surface area contributed by atoms with Gasteiger partial charge in [0, 0.05) is 12.3 Å². The quantitative estimate of drug-likeness (QED) is 0.350. The molecule has 2 aromatic rings. The van der Waals surface area contributed by atoms with E-state index >= 15 is 0 Å². The topological polar surface area (TPSA) is 30.2 Å². The second kappa shape index (κ2) is 3.62. The van der Waals surface area contributed by atoms with E-state index in [1.54, 1.807) is 0 Å². The van der Waals surface area contributed by atoms with E-state index in [-0.39, 0.29) is 5.78 Å². The van der Waals surface area contributed by atoms with Crippen LogP contribution in [0, 0.1) is 0 Å². The number of furan rings is 1. The van der Waals surface area contributed by atoms with E-state index in [1.807, 2.05) is 13.9 Å². The minimum Gasteiger partial charge on any atom is -0.454 e. The monoisotopic (exact) mass is 208 g/mol. The van der Waals surface area contributed by atoms with Crippen LogP contribution in [0.25, 0.3) is 11.0 Å². The van der Waals surface area contributed by atoms with E-state index in [0.717, 1.165) is 16.4 Å². The molecule has 0 amide bonds. The Morgan fingerprint density at radius 3 is 2.19 bits per heavy atom. The smallest absolute Gasteiger partial charge is 0.194 e. The lowest BCUT2D eigenvalue weighted by Crippen LogP contribution is -2.47. The predicted molar refractivity (Wildman–Crippen MR) is 78.9 cm³/mol. The third-order valence-corrected chi connectivity index (χ3v) is 3.51. The van der Waals surface area contributed by atoms with Crippen molar-refractivity contribution in [3.63, 3.8) is 0 Å². The number of carbonyl (C=O) groups excluding carboxylic acids is 1. The molecular weight excluding hydrogens is 195 g/mol. The van der Waals surface area contributed by atoms with Gasteiger partial charge in [-0.25, -0.2) is 0 Å². The van der Waals surface area contributed by atoms with Crippen LogP contribution >= 0.6 is 0 Å². The molecule has 2 rings (SSSR count). The van der Waals surface area contributed by atoms with Crippen molar-refractivity contribution in [3.05, 3.63) is 11.8 Å². The molecule has 76 valence electrons. The fourth-order valence-electron chi connectivity index (χ4n) is 2.06. The molecule has 0 aliphatic rings. The molecule has 0 aliphatic heterocycles. The highest BCUT2D eigenvalue weighted by atomic mass is 16.3. The van der Waals surface area contributed by atoms with Gasteiger partial charge in [0.15, 0.2) is 11.5 Å². The van der Waals surface area contributed by atoms with Gasteiger partial charge < -0.3 is 4.42 Å². The Morgan fingerprint density at radius 1 is 1.06 bits per heavy atom. The summed E-state index contributed by atoms with van der Waals surface area (Å²) in [7, 11) is 8.31. The van der Waals surface area contributed by atoms with Gasteiger partial charge in [-0.15, -0.1) is 5.46 Å². The predicted octanol–water partition coefficient (Wildman–Crippen LogP) is -4.33. The summed E-state index contributed by atoms with van der Waals surface area (Å²) in [4.78, 5) is 11.3. The second-order valence-corrected chi connectivity index (χ2v) is 4.41. The highest BCUT2D eigenvalue weighted by molar-refractivity contribution is 6.66. The number of Topliss-reactive ketones (excluding diaryl/α,β-unsaturated/α-hetero) is 1. The number of ketones is 1. The maximum atomic E-state index is 11.3. The van der Waals surface area contributed by atoms with Gasteiger partial charge in [0.1, 0.15) is 37.0 Å². The van der Waals surface area contributed by atoms with Gasteiger partial charge in [0.05, 0.1) is 0 Å². The van der Waals surface area contributed by atoms with Crippen molar-refractivity contribution in [1.82, 2.24) is 0 Å². The third kappa shape index (κ3) is 1.44. The number of carbonyl (C=O) groups is 1. The van der Waals surface area contributed by atoms with Gasteiger partial charge in [-0.05, 0) is 6.07 Å². The molecule has 0 fully saturated rings. The van der Waals surface area contributed by atoms with Gasteiger partial charge in [-0.3, -0.25) is 4.79 Å². The average molecular weight is 207 g/mol. The molecule has 16 heavy (non-hydrogen) atoms. The lowest BCUT2D eigenvalue weighted by Gasteiger charge is -2.10. The van der Waals surface area contributed by atoms with E-state index in [2.05, 4.69) is 23.5 Å². The van der Waals surface area contributed by atoms with E-state index in [0.29, 0.717) is 5.76 Å². The summed E-state index contributed by atoms with van der Waals surface area (Å²) >= 11 is 0. The maximum absolute atomic E-state index is 11.3. The van der Waals surface area contributed by atoms with Gasteiger partial charge in [0.2, 0.25) is 0 Å². The Morgan fingerprint density at radius 2 is 1.62 bits per heavy atom. The average Bonchev–Trinajstić information content (AvgIpc) is 2.68. The molecule has 0 atom stereocenters. The lowest BCUT2D eigenvalue weighted by molar-refractivity contribution is 0.0989. The first-order valence-electron chi connectivity index (χ1n) is 5.44. The van der Waals surface area contributed by atoms with Crippen molar-refractivity contribution >= 4 is 70.0 Å². The molecule has 0 radical (unpaired) electrons. The molecule has 0 bridgehead atoms. The highest BCUT2D eigenvalue weighted by Gasteiger charge is 2.14. The number of hydrogen-bond donors (Lipinski definition) is 0. The van der Waals surface area contributed by atoms with E-state index in [9.17, 15) is 4.79 Å². The number of fused-ring (bicyclic) bond motifs is 1. The molecule has 1 aromatic heterocycles. The molecule has 0 unspecified atom stereocenters. The van der Waals surface area contributed by atoms with Gasteiger partial charge >= 0.3 is 0 Å². The van der Waals surface area contributed by atoms with Crippen molar-refractivity contribution in [2.24, 2.45) is 0 Å².